The van der Waals surface area contributed by atoms with Gasteiger partial charge in [-0.3, -0.25) is 0 Å². The van der Waals surface area contributed by atoms with E-state index in [4.69, 9.17) is 9.15 Å². The number of aliphatic hydroxyl groups excluding tert-OH is 1. The van der Waals surface area contributed by atoms with E-state index in [0.29, 0.717) is 22.5 Å². The van der Waals surface area contributed by atoms with E-state index in [2.05, 4.69) is 29.8 Å². The topological polar surface area (TPSA) is 79.9 Å². The highest BCUT2D eigenvalue weighted by atomic mass is 79.9. The third kappa shape index (κ3) is 3.21. The second kappa shape index (κ2) is 6.71. The van der Waals surface area contributed by atoms with Gasteiger partial charge in [-0.1, -0.05) is 29.8 Å². The molecule has 1 fully saturated rings. The first-order valence-electron chi connectivity index (χ1n) is 9.54. The van der Waals surface area contributed by atoms with Crippen molar-refractivity contribution >= 4 is 21.9 Å². The van der Waals surface area contributed by atoms with Gasteiger partial charge in [-0.05, 0) is 61.3 Å². The maximum absolute atomic E-state index is 12.3. The van der Waals surface area contributed by atoms with Gasteiger partial charge in [-0.25, -0.2) is 4.79 Å². The second-order valence-electron chi connectivity index (χ2n) is 9.01. The van der Waals surface area contributed by atoms with Gasteiger partial charge in [0.2, 0.25) is 0 Å². The van der Waals surface area contributed by atoms with Crippen LogP contribution in [0.2, 0.25) is 0 Å². The first kappa shape index (κ1) is 19.7. The van der Waals surface area contributed by atoms with Gasteiger partial charge in [0, 0.05) is 15.6 Å². The normalized spacial score (nSPS) is 30.6. The third-order valence-corrected chi connectivity index (χ3v) is 6.87. The molecule has 2 N–H and O–H groups in total. The summed E-state index contributed by atoms with van der Waals surface area (Å²) in [6.45, 7) is 6.04. The van der Waals surface area contributed by atoms with Crippen LogP contribution in [0.5, 0.6) is 0 Å². The van der Waals surface area contributed by atoms with Gasteiger partial charge >= 0.3 is 5.97 Å². The number of aliphatic hydroxyl groups is 2. The largest absolute Gasteiger partial charge is 0.465 e. The van der Waals surface area contributed by atoms with Gasteiger partial charge in [0.15, 0.2) is 0 Å². The number of carbonyl (C=O) groups is 1. The van der Waals surface area contributed by atoms with Crippen molar-refractivity contribution < 1.29 is 24.2 Å². The van der Waals surface area contributed by atoms with Crippen molar-refractivity contribution in [1.82, 2.24) is 0 Å². The van der Waals surface area contributed by atoms with Gasteiger partial charge in [-0.2, -0.15) is 0 Å². The molecular weight excluding hydrogens is 424 g/mol. The molecule has 0 spiro atoms. The number of esters is 1. The Labute approximate surface area is 172 Å². The standard InChI is InChI=1S/C22H25BrO5/c1-21(2)8-14-16(9-21)22(3,26)18-15(19(14)24)10-27-17(18)11-28-20(25)12-4-6-13(23)7-5-12/h4-7,10,14,16,19,24,26H,8-9,11H2,1-3H3/t14-,16+,19+,22-/m1/s1. The van der Waals surface area contributed by atoms with Crippen molar-refractivity contribution in [3.8, 4) is 0 Å². The van der Waals surface area contributed by atoms with Crippen molar-refractivity contribution in [1.29, 1.82) is 0 Å². The van der Waals surface area contributed by atoms with Gasteiger partial charge < -0.3 is 19.4 Å². The third-order valence-electron chi connectivity index (χ3n) is 6.34. The van der Waals surface area contributed by atoms with Crippen LogP contribution in [0.4, 0.5) is 0 Å². The fourth-order valence-electron chi connectivity index (χ4n) is 5.09. The van der Waals surface area contributed by atoms with E-state index in [0.717, 1.165) is 17.3 Å². The summed E-state index contributed by atoms with van der Waals surface area (Å²) >= 11 is 3.34. The molecule has 0 amide bonds. The van der Waals surface area contributed by atoms with Gasteiger partial charge in [0.25, 0.3) is 0 Å². The lowest BCUT2D eigenvalue weighted by Gasteiger charge is -2.41. The fraction of sp³-hybridized carbons (Fsp3) is 0.500. The lowest BCUT2D eigenvalue weighted by Crippen LogP contribution is -2.42. The van der Waals surface area contributed by atoms with Crippen molar-refractivity contribution in [2.75, 3.05) is 0 Å². The highest BCUT2D eigenvalue weighted by molar-refractivity contribution is 9.10. The molecule has 2 aromatic rings. The maximum atomic E-state index is 12.3. The van der Waals surface area contributed by atoms with Crippen molar-refractivity contribution in [2.45, 2.75) is 51.9 Å². The number of hydrogen-bond acceptors (Lipinski definition) is 5. The highest BCUT2D eigenvalue weighted by Gasteiger charge is 2.56. The molecule has 0 bridgehead atoms. The van der Waals surface area contributed by atoms with Crippen LogP contribution in [0.25, 0.3) is 0 Å². The number of halogens is 1. The molecule has 0 unspecified atom stereocenters. The van der Waals surface area contributed by atoms with E-state index in [-0.39, 0.29) is 23.9 Å². The van der Waals surface area contributed by atoms with Crippen molar-refractivity contribution in [3.05, 3.63) is 57.5 Å². The summed E-state index contributed by atoms with van der Waals surface area (Å²) in [7, 11) is 0. The molecule has 2 aliphatic rings. The molecule has 1 saturated carbocycles. The molecule has 150 valence electrons. The Kier molecular flexibility index (Phi) is 4.72. The molecule has 6 heteroatoms. The Morgan fingerprint density at radius 2 is 1.93 bits per heavy atom. The summed E-state index contributed by atoms with van der Waals surface area (Å²) < 4.78 is 11.9. The van der Waals surface area contributed by atoms with Gasteiger partial charge in [0.1, 0.15) is 12.4 Å². The number of rotatable bonds is 3. The highest BCUT2D eigenvalue weighted by Crippen LogP contribution is 2.60. The fourth-order valence-corrected chi connectivity index (χ4v) is 5.35. The predicted molar refractivity (Wildman–Crippen MR) is 106 cm³/mol. The Bertz CT molecular complexity index is 896. The quantitative estimate of drug-likeness (QED) is 0.664. The van der Waals surface area contributed by atoms with E-state index < -0.39 is 17.7 Å². The summed E-state index contributed by atoms with van der Waals surface area (Å²) in [6.07, 6.45) is 2.50. The molecule has 0 saturated heterocycles. The number of hydrogen-bond donors (Lipinski definition) is 2. The molecule has 1 aromatic heterocycles. The predicted octanol–water partition coefficient (Wildman–Crippen LogP) is 4.71. The monoisotopic (exact) mass is 448 g/mol. The smallest absolute Gasteiger partial charge is 0.338 e. The van der Waals surface area contributed by atoms with Crippen LogP contribution in [0, 0.1) is 17.3 Å². The number of fused-ring (bicyclic) bond motifs is 2. The minimum Gasteiger partial charge on any atom is -0.465 e. The average Bonchev–Trinajstić information content (AvgIpc) is 3.20. The Balaban J connectivity index is 1.59. The SMILES string of the molecule is CC1(C)C[C@H]2[C@H](O)c3coc(COC(=O)c4ccc(Br)cc4)c3[C@](C)(O)[C@H]2C1. The summed E-state index contributed by atoms with van der Waals surface area (Å²) in [6, 6.07) is 6.90. The molecule has 4 rings (SSSR count). The first-order valence-corrected chi connectivity index (χ1v) is 10.3. The van der Waals surface area contributed by atoms with Crippen LogP contribution in [-0.2, 0) is 16.9 Å². The molecule has 1 aromatic carbocycles. The molecule has 1 heterocycles. The zero-order valence-electron chi connectivity index (χ0n) is 16.2. The van der Waals surface area contributed by atoms with Crippen LogP contribution in [0.1, 0.15) is 67.0 Å². The Morgan fingerprint density at radius 1 is 1.25 bits per heavy atom. The van der Waals surface area contributed by atoms with Crippen LogP contribution in [0.15, 0.2) is 39.4 Å². The van der Waals surface area contributed by atoms with Gasteiger partial charge in [-0.15, -0.1) is 0 Å². The first-order chi connectivity index (χ1) is 13.1. The van der Waals surface area contributed by atoms with E-state index in [1.807, 2.05) is 0 Å². The second-order valence-corrected chi connectivity index (χ2v) is 9.92. The summed E-state index contributed by atoms with van der Waals surface area (Å²) in [4.78, 5) is 12.3. The average molecular weight is 449 g/mol. The maximum Gasteiger partial charge on any atom is 0.338 e. The lowest BCUT2D eigenvalue weighted by molar-refractivity contribution is -0.0714. The molecule has 2 aliphatic carbocycles. The van der Waals surface area contributed by atoms with Crippen molar-refractivity contribution in [2.24, 2.45) is 17.3 Å². The van der Waals surface area contributed by atoms with E-state index in [1.165, 1.54) is 6.26 Å². The number of carbonyl (C=O) groups excluding carboxylic acids is 1. The van der Waals surface area contributed by atoms with E-state index in [9.17, 15) is 15.0 Å². The molecule has 28 heavy (non-hydrogen) atoms. The van der Waals surface area contributed by atoms with Crippen LogP contribution >= 0.6 is 15.9 Å². The molecule has 0 radical (unpaired) electrons. The van der Waals surface area contributed by atoms with Crippen LogP contribution < -0.4 is 0 Å². The zero-order valence-corrected chi connectivity index (χ0v) is 17.8. The minimum atomic E-state index is -1.14. The molecule has 4 atom stereocenters. The number of ether oxygens (including phenoxy) is 1. The molecular formula is C22H25BrO5. The Morgan fingerprint density at radius 3 is 2.61 bits per heavy atom. The Hall–Kier alpha value is -1.63. The minimum absolute atomic E-state index is 0.00624. The number of furan rings is 1. The van der Waals surface area contributed by atoms with Gasteiger partial charge in [0.05, 0.1) is 23.5 Å². The lowest BCUT2D eigenvalue weighted by atomic mass is 9.67. The summed E-state index contributed by atoms with van der Waals surface area (Å²) in [5.74, 6) is -0.141. The van der Waals surface area contributed by atoms with Crippen LogP contribution in [0.3, 0.4) is 0 Å². The van der Waals surface area contributed by atoms with E-state index in [1.54, 1.807) is 31.2 Å². The van der Waals surface area contributed by atoms with Crippen LogP contribution in [-0.4, -0.2) is 16.2 Å². The summed E-state index contributed by atoms with van der Waals surface area (Å²) in [5, 5.41) is 22.3. The summed E-state index contributed by atoms with van der Waals surface area (Å²) in [5.41, 5.74) is 0.545. The molecule has 0 aliphatic heterocycles. The van der Waals surface area contributed by atoms with E-state index >= 15 is 0 Å². The number of benzene rings is 1. The molecule has 5 nitrogen and oxygen atoms in total. The zero-order chi connectivity index (χ0) is 20.3. The van der Waals surface area contributed by atoms with Crippen molar-refractivity contribution in [3.63, 3.8) is 0 Å².